The van der Waals surface area contributed by atoms with Gasteiger partial charge in [0, 0.05) is 6.04 Å². The van der Waals surface area contributed by atoms with Crippen molar-refractivity contribution in [3.8, 4) is 0 Å². The Hall–Kier alpha value is -2.10. The van der Waals surface area contributed by atoms with E-state index in [4.69, 9.17) is 10.5 Å². The highest BCUT2D eigenvalue weighted by Gasteiger charge is 2.37. The summed E-state index contributed by atoms with van der Waals surface area (Å²) in [6, 6.07) is -0.584. The molecule has 1 amide bonds. The van der Waals surface area contributed by atoms with Crippen molar-refractivity contribution >= 4 is 11.6 Å². The fourth-order valence-electron chi connectivity index (χ4n) is 1.43. The van der Waals surface area contributed by atoms with Crippen molar-refractivity contribution in [1.29, 1.82) is 0 Å². The van der Waals surface area contributed by atoms with E-state index in [9.17, 15) is 22.8 Å². The van der Waals surface area contributed by atoms with Gasteiger partial charge in [-0.05, 0) is 6.92 Å². The summed E-state index contributed by atoms with van der Waals surface area (Å²) in [5.41, 5.74) is 1.68. The van der Waals surface area contributed by atoms with Gasteiger partial charge in [-0.1, -0.05) is 0 Å². The van der Waals surface area contributed by atoms with Gasteiger partial charge < -0.3 is 15.8 Å². The molecule has 0 aliphatic rings. The largest absolute Gasteiger partial charge is 0.423 e. The van der Waals surface area contributed by atoms with Crippen LogP contribution in [-0.4, -0.2) is 35.4 Å². The van der Waals surface area contributed by atoms with Gasteiger partial charge in [0.15, 0.2) is 0 Å². The minimum Gasteiger partial charge on any atom is -0.378 e. The highest BCUT2D eigenvalue weighted by Crippen LogP contribution is 2.31. The smallest absolute Gasteiger partial charge is 0.378 e. The zero-order valence-corrected chi connectivity index (χ0v) is 10.5. The summed E-state index contributed by atoms with van der Waals surface area (Å²) in [5.74, 6) is -0.689. The van der Waals surface area contributed by atoms with Crippen LogP contribution in [0, 0.1) is 0 Å². The monoisotopic (exact) mass is 294 g/mol. The molecule has 0 aliphatic heterocycles. The molecule has 0 bridgehead atoms. The topological polar surface area (TPSA) is 110 Å². The number of nitrogens with zero attached hydrogens (tertiary/aromatic N) is 1. The van der Waals surface area contributed by atoms with Crippen LogP contribution < -0.4 is 16.6 Å². The second-order valence-corrected chi connectivity index (χ2v) is 4.01. The normalized spacial score (nSPS) is 13.0. The van der Waals surface area contributed by atoms with Crippen molar-refractivity contribution in [2.45, 2.75) is 19.1 Å². The third kappa shape index (κ3) is 4.53. The van der Waals surface area contributed by atoms with Crippen LogP contribution in [0.3, 0.4) is 0 Å². The molecule has 1 aromatic rings. The first kappa shape index (κ1) is 16.0. The van der Waals surface area contributed by atoms with E-state index in [1.54, 1.807) is 5.10 Å². The van der Waals surface area contributed by atoms with E-state index in [0.29, 0.717) is 0 Å². The maximum Gasteiger partial charge on any atom is 0.423 e. The van der Waals surface area contributed by atoms with E-state index in [2.05, 4.69) is 10.4 Å². The highest BCUT2D eigenvalue weighted by molar-refractivity contribution is 5.74. The summed E-state index contributed by atoms with van der Waals surface area (Å²) in [4.78, 5) is 21.6. The zero-order chi connectivity index (χ0) is 15.3. The van der Waals surface area contributed by atoms with Crippen LogP contribution in [0.15, 0.2) is 11.0 Å². The van der Waals surface area contributed by atoms with E-state index in [1.165, 1.54) is 6.92 Å². The van der Waals surface area contributed by atoms with E-state index in [0.717, 1.165) is 6.20 Å². The molecule has 0 aromatic carbocycles. The van der Waals surface area contributed by atoms with E-state index >= 15 is 0 Å². The molecule has 1 atom stereocenters. The van der Waals surface area contributed by atoms with Gasteiger partial charge in [0.25, 0.3) is 5.56 Å². The average molecular weight is 294 g/mol. The first-order valence-electron chi connectivity index (χ1n) is 5.49. The molecule has 1 rings (SSSR count). The number of hydrogen-bond acceptors (Lipinski definition) is 5. The van der Waals surface area contributed by atoms with Crippen molar-refractivity contribution in [1.82, 2.24) is 10.2 Å². The van der Waals surface area contributed by atoms with Gasteiger partial charge in [0.1, 0.15) is 12.2 Å². The Kier molecular flexibility index (Phi) is 5.08. The number of amides is 1. The number of anilines is 1. The molecule has 0 saturated heterocycles. The standard InChI is InChI=1S/C10H13F3N4O3/c1-5(3-20-4-7(14)18)16-6-2-15-17-9(19)8(6)10(11,12)13/h2,5H,3-4H2,1H3,(H2,14,18)(H2,16,17,19)/t5-/m0/s1. The number of primary amides is 1. The molecule has 4 N–H and O–H groups in total. The summed E-state index contributed by atoms with van der Waals surface area (Å²) in [5, 5.41) is 7.48. The number of hydrogen-bond donors (Lipinski definition) is 3. The van der Waals surface area contributed by atoms with Crippen LogP contribution in [0.2, 0.25) is 0 Å². The fraction of sp³-hybridized carbons (Fsp3) is 0.500. The van der Waals surface area contributed by atoms with Crippen molar-refractivity contribution in [3.63, 3.8) is 0 Å². The van der Waals surface area contributed by atoms with Crippen molar-refractivity contribution in [2.24, 2.45) is 5.73 Å². The van der Waals surface area contributed by atoms with Crippen LogP contribution in [0.5, 0.6) is 0 Å². The van der Waals surface area contributed by atoms with E-state index < -0.39 is 34.9 Å². The lowest BCUT2D eigenvalue weighted by Gasteiger charge is -2.17. The van der Waals surface area contributed by atoms with Crippen molar-refractivity contribution < 1.29 is 22.7 Å². The Bertz CT molecular complexity index is 529. The molecule has 0 fully saturated rings. The van der Waals surface area contributed by atoms with Gasteiger partial charge in [0.05, 0.1) is 18.5 Å². The van der Waals surface area contributed by atoms with Crippen LogP contribution in [0.4, 0.5) is 18.9 Å². The lowest BCUT2D eigenvalue weighted by Crippen LogP contribution is -2.30. The summed E-state index contributed by atoms with van der Waals surface area (Å²) in [6.07, 6.45) is -3.96. The highest BCUT2D eigenvalue weighted by atomic mass is 19.4. The van der Waals surface area contributed by atoms with Crippen LogP contribution in [0.25, 0.3) is 0 Å². The molecule has 0 spiro atoms. The molecule has 0 unspecified atom stereocenters. The number of nitrogens with one attached hydrogen (secondary N) is 2. The second-order valence-electron chi connectivity index (χ2n) is 4.01. The number of aromatic amines is 1. The van der Waals surface area contributed by atoms with Gasteiger partial charge in [-0.15, -0.1) is 0 Å². The second kappa shape index (κ2) is 6.37. The quantitative estimate of drug-likeness (QED) is 0.689. The molecule has 20 heavy (non-hydrogen) atoms. The van der Waals surface area contributed by atoms with Crippen LogP contribution in [-0.2, 0) is 15.7 Å². The lowest BCUT2D eigenvalue weighted by atomic mass is 10.2. The predicted octanol–water partition coefficient (Wildman–Crippen LogP) is 0.0910. The Balaban J connectivity index is 2.80. The van der Waals surface area contributed by atoms with Gasteiger partial charge in [-0.2, -0.15) is 18.3 Å². The number of H-pyrrole nitrogens is 1. The molecule has 0 saturated carbocycles. The zero-order valence-electron chi connectivity index (χ0n) is 10.5. The number of rotatable bonds is 6. The number of ether oxygens (including phenoxy) is 1. The maximum absolute atomic E-state index is 12.7. The maximum atomic E-state index is 12.7. The third-order valence-electron chi connectivity index (χ3n) is 2.15. The molecular formula is C10H13F3N4O3. The minimum atomic E-state index is -4.81. The van der Waals surface area contributed by atoms with Gasteiger partial charge in [0.2, 0.25) is 5.91 Å². The first-order chi connectivity index (χ1) is 9.21. The minimum absolute atomic E-state index is 0.0625. The molecule has 0 aliphatic carbocycles. The Morgan fingerprint density at radius 3 is 2.80 bits per heavy atom. The summed E-state index contributed by atoms with van der Waals surface area (Å²) < 4.78 is 43.1. The lowest BCUT2D eigenvalue weighted by molar-refractivity contribution is -0.138. The molecule has 10 heteroatoms. The summed E-state index contributed by atoms with van der Waals surface area (Å²) in [7, 11) is 0. The van der Waals surface area contributed by atoms with Gasteiger partial charge >= 0.3 is 6.18 Å². The summed E-state index contributed by atoms with van der Waals surface area (Å²) >= 11 is 0. The molecule has 1 aromatic heterocycles. The molecular weight excluding hydrogens is 281 g/mol. The van der Waals surface area contributed by atoms with Crippen molar-refractivity contribution in [3.05, 3.63) is 22.1 Å². The number of carbonyl (C=O) groups excluding carboxylic acids is 1. The van der Waals surface area contributed by atoms with E-state index in [-0.39, 0.29) is 13.2 Å². The molecule has 112 valence electrons. The third-order valence-corrected chi connectivity index (χ3v) is 2.15. The Labute approximate surface area is 111 Å². The van der Waals surface area contributed by atoms with Gasteiger partial charge in [-0.25, -0.2) is 5.10 Å². The Morgan fingerprint density at radius 1 is 1.60 bits per heavy atom. The first-order valence-corrected chi connectivity index (χ1v) is 5.49. The van der Waals surface area contributed by atoms with Gasteiger partial charge in [-0.3, -0.25) is 9.59 Å². The Morgan fingerprint density at radius 2 is 2.25 bits per heavy atom. The molecule has 0 radical (unpaired) electrons. The average Bonchev–Trinajstić information content (AvgIpc) is 2.26. The van der Waals surface area contributed by atoms with Crippen LogP contribution >= 0.6 is 0 Å². The van der Waals surface area contributed by atoms with Crippen molar-refractivity contribution in [2.75, 3.05) is 18.5 Å². The fourth-order valence-corrected chi connectivity index (χ4v) is 1.43. The number of alkyl halides is 3. The van der Waals surface area contributed by atoms with Crippen LogP contribution in [0.1, 0.15) is 12.5 Å². The SMILES string of the molecule is C[C@@H](COCC(N)=O)Nc1cn[nH]c(=O)c1C(F)(F)F. The molecule has 7 nitrogen and oxygen atoms in total. The summed E-state index contributed by atoms with van der Waals surface area (Å²) in [6.45, 7) is 1.11. The number of aromatic nitrogens is 2. The number of halogens is 3. The number of nitrogens with two attached hydrogens (primary N) is 1. The number of carbonyl (C=O) groups is 1. The predicted molar refractivity (Wildman–Crippen MR) is 63.0 cm³/mol. The van der Waals surface area contributed by atoms with E-state index in [1.807, 2.05) is 0 Å². The molecule has 1 heterocycles.